The molecule has 0 aliphatic rings. The number of thiophene rings is 1. The third-order valence-corrected chi connectivity index (χ3v) is 4.16. The van der Waals surface area contributed by atoms with Gasteiger partial charge in [0.2, 0.25) is 0 Å². The van der Waals surface area contributed by atoms with E-state index < -0.39 is 5.60 Å². The zero-order valence-electron chi connectivity index (χ0n) is 11.7. The summed E-state index contributed by atoms with van der Waals surface area (Å²) in [6.45, 7) is 2.36. The van der Waals surface area contributed by atoms with Crippen LogP contribution in [0.25, 0.3) is 10.1 Å². The molecule has 0 saturated heterocycles. The topological polar surface area (TPSA) is 58.6 Å². The zero-order chi connectivity index (χ0) is 14.6. The first kappa shape index (κ1) is 15.0. The molecule has 2 aromatic rings. The molecule has 1 heterocycles. The molecule has 2 N–H and O–H groups in total. The van der Waals surface area contributed by atoms with Crippen molar-refractivity contribution in [3.8, 4) is 0 Å². The highest BCUT2D eigenvalue weighted by atomic mass is 32.1. The fourth-order valence-corrected chi connectivity index (χ4v) is 2.87. The maximum Gasteiger partial charge on any atom is 0.252 e. The second-order valence-electron chi connectivity index (χ2n) is 5.07. The zero-order valence-corrected chi connectivity index (χ0v) is 12.5. The fraction of sp³-hybridized carbons (Fsp3) is 0.400. The Morgan fingerprint density at radius 3 is 2.95 bits per heavy atom. The van der Waals surface area contributed by atoms with Crippen molar-refractivity contribution in [3.63, 3.8) is 0 Å². The summed E-state index contributed by atoms with van der Waals surface area (Å²) in [6, 6.07) is 7.80. The Hall–Kier alpha value is -1.43. The lowest BCUT2D eigenvalue weighted by atomic mass is 10.0. The number of carbonyl (C=O) groups is 1. The summed E-state index contributed by atoms with van der Waals surface area (Å²) in [5.41, 5.74) is -0.301. The largest absolute Gasteiger partial charge is 0.388 e. The molecule has 5 heteroatoms. The molecule has 0 aliphatic carbocycles. The quantitative estimate of drug-likeness (QED) is 0.860. The highest BCUT2D eigenvalue weighted by Crippen LogP contribution is 2.25. The van der Waals surface area contributed by atoms with Gasteiger partial charge in [0.05, 0.1) is 11.2 Å². The summed E-state index contributed by atoms with van der Waals surface area (Å²) in [7, 11) is 1.59. The van der Waals surface area contributed by atoms with Crippen molar-refractivity contribution in [3.05, 3.63) is 35.2 Å². The summed E-state index contributed by atoms with van der Waals surface area (Å²) < 4.78 is 6.03. The van der Waals surface area contributed by atoms with E-state index in [1.807, 2.05) is 29.6 Å². The van der Waals surface area contributed by atoms with Gasteiger partial charge < -0.3 is 15.2 Å². The second-order valence-corrected chi connectivity index (χ2v) is 5.98. The van der Waals surface area contributed by atoms with Crippen molar-refractivity contribution in [2.75, 3.05) is 20.3 Å². The van der Waals surface area contributed by atoms with Crippen LogP contribution in [-0.4, -0.2) is 36.9 Å². The molecule has 0 aliphatic heterocycles. The third-order valence-electron chi connectivity index (χ3n) is 3.20. The molecule has 20 heavy (non-hydrogen) atoms. The second kappa shape index (κ2) is 6.35. The number of methoxy groups -OCH3 is 1. The van der Waals surface area contributed by atoms with Crippen LogP contribution < -0.4 is 5.32 Å². The van der Waals surface area contributed by atoms with E-state index in [9.17, 15) is 9.90 Å². The Kier molecular flexibility index (Phi) is 4.75. The minimum atomic E-state index is -0.961. The van der Waals surface area contributed by atoms with Crippen molar-refractivity contribution in [2.24, 2.45) is 0 Å². The van der Waals surface area contributed by atoms with Crippen LogP contribution in [0.3, 0.4) is 0 Å². The lowest BCUT2D eigenvalue weighted by molar-refractivity contribution is 0.0244. The van der Waals surface area contributed by atoms with Gasteiger partial charge in [-0.1, -0.05) is 18.2 Å². The Morgan fingerprint density at radius 2 is 2.20 bits per heavy atom. The number of rotatable bonds is 6. The van der Waals surface area contributed by atoms with Gasteiger partial charge in [-0.2, -0.15) is 0 Å². The number of hydrogen-bond acceptors (Lipinski definition) is 4. The van der Waals surface area contributed by atoms with Crippen LogP contribution in [0.15, 0.2) is 29.6 Å². The predicted octanol–water partition coefficient (Wildman–Crippen LogP) is 2.42. The van der Waals surface area contributed by atoms with E-state index in [1.165, 1.54) is 0 Å². The monoisotopic (exact) mass is 293 g/mol. The van der Waals surface area contributed by atoms with Crippen LogP contribution in [0.4, 0.5) is 0 Å². The molecular weight excluding hydrogens is 274 g/mol. The molecule has 0 bridgehead atoms. The molecule has 0 radical (unpaired) electrons. The van der Waals surface area contributed by atoms with Gasteiger partial charge in [-0.15, -0.1) is 11.3 Å². The van der Waals surface area contributed by atoms with E-state index in [0.29, 0.717) is 18.6 Å². The molecular formula is C15H19NO3S. The molecule has 1 atom stereocenters. The average molecular weight is 293 g/mol. The van der Waals surface area contributed by atoms with Gasteiger partial charge >= 0.3 is 0 Å². The first-order chi connectivity index (χ1) is 9.53. The van der Waals surface area contributed by atoms with E-state index >= 15 is 0 Å². The summed E-state index contributed by atoms with van der Waals surface area (Å²) in [6.07, 6.45) is 0.480. The van der Waals surface area contributed by atoms with Crippen LogP contribution in [0.2, 0.25) is 0 Å². The lowest BCUT2D eigenvalue weighted by Gasteiger charge is -2.23. The average Bonchev–Trinajstić information content (AvgIpc) is 2.87. The number of carbonyl (C=O) groups excluding carboxylic acids is 1. The molecule has 1 amide bonds. The molecule has 108 valence electrons. The van der Waals surface area contributed by atoms with Gasteiger partial charge in [0, 0.05) is 42.1 Å². The molecule has 0 spiro atoms. The highest BCUT2D eigenvalue weighted by molar-refractivity contribution is 7.17. The van der Waals surface area contributed by atoms with Gasteiger partial charge in [0.1, 0.15) is 0 Å². The Balaban J connectivity index is 2.02. The van der Waals surface area contributed by atoms with Gasteiger partial charge in [-0.05, 0) is 13.0 Å². The summed E-state index contributed by atoms with van der Waals surface area (Å²) in [4.78, 5) is 12.2. The molecule has 1 aromatic carbocycles. The van der Waals surface area contributed by atoms with Gasteiger partial charge in [0.15, 0.2) is 0 Å². The maximum absolute atomic E-state index is 12.2. The summed E-state index contributed by atoms with van der Waals surface area (Å²) >= 11 is 1.55. The van der Waals surface area contributed by atoms with E-state index in [4.69, 9.17) is 4.74 Å². The normalized spacial score (nSPS) is 14.2. The molecule has 1 unspecified atom stereocenters. The number of aliphatic hydroxyl groups is 1. The standard InChI is InChI=1S/C15H19NO3S/c1-15(18,7-8-19-2)10-16-14(17)12-9-20-13-6-4-3-5-11(12)13/h3-6,9,18H,7-8,10H2,1-2H3,(H,16,17). The molecule has 0 fully saturated rings. The van der Waals surface area contributed by atoms with Crippen molar-refractivity contribution in [2.45, 2.75) is 18.9 Å². The minimum Gasteiger partial charge on any atom is -0.388 e. The number of ether oxygens (including phenoxy) is 1. The minimum absolute atomic E-state index is 0.153. The number of fused-ring (bicyclic) bond motifs is 1. The number of nitrogens with one attached hydrogen (secondary N) is 1. The van der Waals surface area contributed by atoms with Crippen molar-refractivity contribution < 1.29 is 14.6 Å². The van der Waals surface area contributed by atoms with E-state index in [2.05, 4.69) is 5.32 Å². The SMILES string of the molecule is COCCC(C)(O)CNC(=O)c1csc2ccccc12. The number of hydrogen-bond donors (Lipinski definition) is 2. The van der Waals surface area contributed by atoms with E-state index in [1.54, 1.807) is 25.4 Å². The fourth-order valence-electron chi connectivity index (χ4n) is 1.93. The van der Waals surface area contributed by atoms with Crippen molar-refractivity contribution in [1.82, 2.24) is 5.32 Å². The van der Waals surface area contributed by atoms with Crippen LogP contribution in [0.1, 0.15) is 23.7 Å². The highest BCUT2D eigenvalue weighted by Gasteiger charge is 2.22. The smallest absolute Gasteiger partial charge is 0.252 e. The van der Waals surface area contributed by atoms with Crippen LogP contribution >= 0.6 is 11.3 Å². The van der Waals surface area contributed by atoms with E-state index in [-0.39, 0.29) is 12.5 Å². The Bertz CT molecular complexity index is 592. The number of benzene rings is 1. The summed E-state index contributed by atoms with van der Waals surface area (Å²) in [5.74, 6) is -0.153. The molecule has 2 rings (SSSR count). The van der Waals surface area contributed by atoms with Gasteiger partial charge in [0.25, 0.3) is 5.91 Å². The van der Waals surface area contributed by atoms with Crippen LogP contribution in [-0.2, 0) is 4.74 Å². The van der Waals surface area contributed by atoms with Crippen LogP contribution in [0.5, 0.6) is 0 Å². The first-order valence-electron chi connectivity index (χ1n) is 6.49. The Labute approximate surface area is 122 Å². The third kappa shape index (κ3) is 3.56. The predicted molar refractivity (Wildman–Crippen MR) is 81.3 cm³/mol. The van der Waals surface area contributed by atoms with Gasteiger partial charge in [-0.3, -0.25) is 4.79 Å². The van der Waals surface area contributed by atoms with Crippen LogP contribution in [0, 0.1) is 0 Å². The first-order valence-corrected chi connectivity index (χ1v) is 7.37. The molecule has 4 nitrogen and oxygen atoms in total. The van der Waals surface area contributed by atoms with E-state index in [0.717, 1.165) is 10.1 Å². The summed E-state index contributed by atoms with van der Waals surface area (Å²) in [5, 5.41) is 15.7. The van der Waals surface area contributed by atoms with Gasteiger partial charge in [-0.25, -0.2) is 0 Å². The van der Waals surface area contributed by atoms with Crippen molar-refractivity contribution >= 4 is 27.3 Å². The van der Waals surface area contributed by atoms with Crippen molar-refractivity contribution in [1.29, 1.82) is 0 Å². The lowest BCUT2D eigenvalue weighted by Crippen LogP contribution is -2.41. The Morgan fingerprint density at radius 1 is 1.45 bits per heavy atom. The molecule has 0 saturated carbocycles. The molecule has 1 aromatic heterocycles. The maximum atomic E-state index is 12.2. The number of amides is 1.